The van der Waals surface area contributed by atoms with Crippen molar-refractivity contribution in [2.45, 2.75) is 26.2 Å². The van der Waals surface area contributed by atoms with Crippen LogP contribution in [0.25, 0.3) is 5.69 Å². The van der Waals surface area contributed by atoms with Gasteiger partial charge in [-0.2, -0.15) is 5.10 Å². The fraction of sp³-hybridized carbons (Fsp3) is 0.294. The number of carbonyl (C=O) groups is 3. The van der Waals surface area contributed by atoms with Gasteiger partial charge in [0.05, 0.1) is 11.4 Å². The number of benzene rings is 1. The molecular formula is C17H20N4O4. The third kappa shape index (κ3) is 5.17. The second kappa shape index (κ2) is 8.62. The molecule has 0 aliphatic rings. The molecule has 0 saturated heterocycles. The molecule has 0 fully saturated rings. The number of carboxylic acid groups (broad SMARTS) is 1. The molecule has 2 amide bonds. The Bertz CT molecular complexity index is 770. The van der Waals surface area contributed by atoms with Crippen molar-refractivity contribution >= 4 is 23.5 Å². The number of nitrogens with zero attached hydrogens (tertiary/aromatic N) is 2. The van der Waals surface area contributed by atoms with Gasteiger partial charge in [-0.05, 0) is 24.6 Å². The Kier molecular flexibility index (Phi) is 6.27. The van der Waals surface area contributed by atoms with Gasteiger partial charge >= 0.3 is 5.97 Å². The number of aromatic nitrogens is 2. The fourth-order valence-corrected chi connectivity index (χ4v) is 2.14. The highest BCUT2D eigenvalue weighted by Gasteiger charge is 2.12. The van der Waals surface area contributed by atoms with Crippen molar-refractivity contribution in [1.29, 1.82) is 0 Å². The first-order chi connectivity index (χ1) is 12.0. The lowest BCUT2D eigenvalue weighted by Crippen LogP contribution is -2.25. The summed E-state index contributed by atoms with van der Waals surface area (Å²) in [5, 5.41) is 18.4. The molecule has 0 aliphatic carbocycles. The summed E-state index contributed by atoms with van der Waals surface area (Å²) in [5.41, 5.74) is 0.939. The summed E-state index contributed by atoms with van der Waals surface area (Å²) in [7, 11) is 0. The van der Waals surface area contributed by atoms with Crippen molar-refractivity contribution in [2.24, 2.45) is 0 Å². The van der Waals surface area contributed by atoms with Gasteiger partial charge in [-0.25, -0.2) is 9.48 Å². The minimum atomic E-state index is -1.13. The number of carboxylic acids is 1. The van der Waals surface area contributed by atoms with E-state index in [4.69, 9.17) is 5.11 Å². The minimum absolute atomic E-state index is 0.0589. The first-order valence-corrected chi connectivity index (χ1v) is 7.96. The van der Waals surface area contributed by atoms with Gasteiger partial charge in [0.2, 0.25) is 11.8 Å². The lowest BCUT2D eigenvalue weighted by atomic mass is 10.2. The normalized spacial score (nSPS) is 10.3. The molecule has 1 aromatic carbocycles. The number of aromatic carboxylic acids is 1. The van der Waals surface area contributed by atoms with Gasteiger partial charge in [-0.3, -0.25) is 9.59 Å². The van der Waals surface area contributed by atoms with Crippen molar-refractivity contribution in [3.05, 3.63) is 42.2 Å². The van der Waals surface area contributed by atoms with Crippen LogP contribution in [0, 0.1) is 0 Å². The molecular weight excluding hydrogens is 324 g/mol. The lowest BCUT2D eigenvalue weighted by Gasteiger charge is -2.11. The molecule has 0 unspecified atom stereocenters. The number of nitrogens with one attached hydrogen (secondary N) is 2. The number of carbonyl (C=O) groups excluding carboxylic acids is 2. The maximum Gasteiger partial charge on any atom is 0.356 e. The second-order valence-corrected chi connectivity index (χ2v) is 5.37. The molecule has 0 saturated carbocycles. The third-order valence-electron chi connectivity index (χ3n) is 3.38. The van der Waals surface area contributed by atoms with Crippen molar-refractivity contribution < 1.29 is 19.5 Å². The summed E-state index contributed by atoms with van der Waals surface area (Å²) in [5.74, 6) is -1.59. The first-order valence-electron chi connectivity index (χ1n) is 7.96. The third-order valence-corrected chi connectivity index (χ3v) is 3.38. The predicted octanol–water partition coefficient (Wildman–Crippen LogP) is 1.82. The van der Waals surface area contributed by atoms with Crippen LogP contribution in [0.3, 0.4) is 0 Å². The molecule has 25 heavy (non-hydrogen) atoms. The van der Waals surface area contributed by atoms with E-state index in [1.165, 1.54) is 16.9 Å². The van der Waals surface area contributed by atoms with Crippen molar-refractivity contribution in [1.82, 2.24) is 15.1 Å². The van der Waals surface area contributed by atoms with Crippen LogP contribution in [-0.4, -0.2) is 39.2 Å². The zero-order chi connectivity index (χ0) is 18.2. The molecule has 0 atom stereocenters. The van der Waals surface area contributed by atoms with Crippen LogP contribution >= 0.6 is 0 Å². The molecule has 8 heteroatoms. The van der Waals surface area contributed by atoms with E-state index in [2.05, 4.69) is 15.7 Å². The summed E-state index contributed by atoms with van der Waals surface area (Å²) < 4.78 is 1.38. The van der Waals surface area contributed by atoms with Gasteiger partial charge in [-0.1, -0.05) is 19.1 Å². The largest absolute Gasteiger partial charge is 0.476 e. The van der Waals surface area contributed by atoms with E-state index < -0.39 is 5.97 Å². The quantitative estimate of drug-likeness (QED) is 0.676. The van der Waals surface area contributed by atoms with Crippen molar-refractivity contribution in [2.75, 3.05) is 11.9 Å². The first kappa shape index (κ1) is 18.2. The van der Waals surface area contributed by atoms with Crippen molar-refractivity contribution in [3.8, 4) is 5.69 Å². The predicted molar refractivity (Wildman–Crippen MR) is 91.7 cm³/mol. The Hall–Kier alpha value is -3.16. The molecule has 3 N–H and O–H groups in total. The van der Waals surface area contributed by atoms with Crippen molar-refractivity contribution in [3.63, 3.8) is 0 Å². The second-order valence-electron chi connectivity index (χ2n) is 5.37. The van der Waals surface area contributed by atoms with Crippen LogP contribution in [-0.2, 0) is 9.59 Å². The van der Waals surface area contributed by atoms with Gasteiger partial charge in [0.1, 0.15) is 0 Å². The highest BCUT2D eigenvalue weighted by atomic mass is 16.4. The zero-order valence-corrected chi connectivity index (χ0v) is 13.9. The molecule has 0 aliphatic heterocycles. The number of hydrogen-bond acceptors (Lipinski definition) is 4. The Morgan fingerprint density at radius 1 is 1.12 bits per heavy atom. The average molecular weight is 344 g/mol. The number of hydrogen-bond donors (Lipinski definition) is 3. The number of para-hydroxylation sites is 2. The van der Waals surface area contributed by atoms with Gasteiger partial charge in [0.15, 0.2) is 5.69 Å². The van der Waals surface area contributed by atoms with Crippen LogP contribution in [0.2, 0.25) is 0 Å². The molecule has 2 aromatic rings. The van der Waals surface area contributed by atoms with Gasteiger partial charge in [-0.15, -0.1) is 0 Å². The highest BCUT2D eigenvalue weighted by Crippen LogP contribution is 2.20. The minimum Gasteiger partial charge on any atom is -0.476 e. The average Bonchev–Trinajstić information content (AvgIpc) is 3.09. The Balaban J connectivity index is 2.03. The molecule has 2 rings (SSSR count). The summed E-state index contributed by atoms with van der Waals surface area (Å²) in [4.78, 5) is 34.6. The van der Waals surface area contributed by atoms with E-state index in [1.54, 1.807) is 24.3 Å². The maximum absolute atomic E-state index is 12.1. The van der Waals surface area contributed by atoms with Crippen LogP contribution in [0.4, 0.5) is 5.69 Å². The summed E-state index contributed by atoms with van der Waals surface area (Å²) in [6, 6.07) is 8.27. The van der Waals surface area contributed by atoms with Crippen LogP contribution in [0.1, 0.15) is 36.7 Å². The Morgan fingerprint density at radius 2 is 1.84 bits per heavy atom. The van der Waals surface area contributed by atoms with E-state index in [-0.39, 0.29) is 30.3 Å². The standard InChI is InChI=1S/C17H20N4O4/c1-2-10-18-15(22)7-8-16(23)19-12-5-3-4-6-14(12)21-11-9-13(20-21)17(24)25/h3-6,9,11H,2,7-8,10H2,1H3,(H,18,22)(H,19,23)(H,24,25). The molecule has 0 spiro atoms. The molecule has 8 nitrogen and oxygen atoms in total. The summed E-state index contributed by atoms with van der Waals surface area (Å²) in [6.07, 6.45) is 2.52. The molecule has 0 radical (unpaired) electrons. The molecule has 0 bridgehead atoms. The van der Waals surface area contributed by atoms with Crippen LogP contribution < -0.4 is 10.6 Å². The van der Waals surface area contributed by atoms with E-state index >= 15 is 0 Å². The van der Waals surface area contributed by atoms with Gasteiger partial charge < -0.3 is 15.7 Å². The Morgan fingerprint density at radius 3 is 2.52 bits per heavy atom. The smallest absolute Gasteiger partial charge is 0.356 e. The summed E-state index contributed by atoms with van der Waals surface area (Å²) in [6.45, 7) is 2.55. The number of rotatable bonds is 8. The zero-order valence-electron chi connectivity index (χ0n) is 13.9. The van der Waals surface area contributed by atoms with E-state index in [9.17, 15) is 14.4 Å². The highest BCUT2D eigenvalue weighted by molar-refractivity contribution is 5.95. The van der Waals surface area contributed by atoms with Crippen LogP contribution in [0.15, 0.2) is 36.5 Å². The van der Waals surface area contributed by atoms with Crippen LogP contribution in [0.5, 0.6) is 0 Å². The topological polar surface area (TPSA) is 113 Å². The summed E-state index contributed by atoms with van der Waals surface area (Å²) >= 11 is 0. The van der Waals surface area contributed by atoms with E-state index in [1.807, 2.05) is 6.92 Å². The monoisotopic (exact) mass is 344 g/mol. The molecule has 132 valence electrons. The molecule has 1 heterocycles. The number of amides is 2. The number of anilines is 1. The van der Waals surface area contributed by atoms with Gasteiger partial charge in [0.25, 0.3) is 0 Å². The van der Waals surface area contributed by atoms with Gasteiger partial charge in [0, 0.05) is 25.6 Å². The molecule has 1 aromatic heterocycles. The Labute approximate surface area is 144 Å². The van der Waals surface area contributed by atoms with E-state index in [0.29, 0.717) is 17.9 Å². The van der Waals surface area contributed by atoms with E-state index in [0.717, 1.165) is 6.42 Å². The lowest BCUT2D eigenvalue weighted by molar-refractivity contribution is -0.124. The SMILES string of the molecule is CCCNC(=O)CCC(=O)Nc1ccccc1-n1ccc(C(=O)O)n1. The fourth-order valence-electron chi connectivity index (χ4n) is 2.14. The maximum atomic E-state index is 12.1.